The molecule has 0 aliphatic rings. The van der Waals surface area contributed by atoms with Gasteiger partial charge in [-0.1, -0.05) is 6.42 Å². The lowest BCUT2D eigenvalue weighted by molar-refractivity contribution is -0.870. The van der Waals surface area contributed by atoms with Gasteiger partial charge >= 0.3 is 47.6 Å². The largest absolute Gasteiger partial charge is 0.460 e. The van der Waals surface area contributed by atoms with Crippen LogP contribution in [0.2, 0.25) is 0 Å². The van der Waals surface area contributed by atoms with Gasteiger partial charge in [-0.2, -0.15) is 74.6 Å². The highest BCUT2D eigenvalue weighted by atomic mass is 19.4. The monoisotopic (exact) mass is 562 g/mol. The summed E-state index contributed by atoms with van der Waals surface area (Å²) in [5.74, 6) is -55.7. The van der Waals surface area contributed by atoms with Crippen LogP contribution < -0.4 is 0 Å². The van der Waals surface area contributed by atoms with Crippen LogP contribution in [-0.4, -0.2) is 79.8 Å². The number of rotatable bonds is 13. The highest BCUT2D eigenvalue weighted by molar-refractivity contribution is 5.15. The molecule has 0 aromatic heterocycles. The number of hydrogen-bond donors (Lipinski definition) is 0. The lowest BCUT2D eigenvalue weighted by Crippen LogP contribution is -2.74. The van der Waals surface area contributed by atoms with Crippen LogP contribution in [0.15, 0.2) is 0 Å². The van der Waals surface area contributed by atoms with Crippen LogP contribution in [0, 0.1) is 0 Å². The van der Waals surface area contributed by atoms with Crippen molar-refractivity contribution in [3.63, 3.8) is 0 Å². The van der Waals surface area contributed by atoms with E-state index in [-0.39, 0.29) is 12.8 Å². The molecular weight excluding hydrogens is 541 g/mol. The summed E-state index contributed by atoms with van der Waals surface area (Å²) in [5, 5.41) is 0. The number of nitrogens with zero attached hydrogens (tertiary/aromatic N) is 1. The Bertz CT molecular complexity index is 702. The Kier molecular flexibility index (Phi) is 9.24. The number of quaternary nitrogens is 1. The summed E-state index contributed by atoms with van der Waals surface area (Å²) in [6, 6.07) is 0. The van der Waals surface area contributed by atoms with Crippen molar-refractivity contribution in [1.82, 2.24) is 0 Å². The van der Waals surface area contributed by atoms with E-state index in [9.17, 15) is 74.6 Å². The van der Waals surface area contributed by atoms with Gasteiger partial charge in [-0.05, 0) is 19.3 Å². The molecule has 0 aromatic carbocycles. The van der Waals surface area contributed by atoms with Crippen LogP contribution in [0.25, 0.3) is 0 Å². The SMILES string of the molecule is C[N+](C)(C)CCCCCCC(F)(F)C(F)(F)C(F)(F)C(F)(F)C(F)(F)C(F)(F)C(F)(F)C(F)(F)F. The molecular formula is C17H21F17N+. The molecule has 0 fully saturated rings. The first-order valence-corrected chi connectivity index (χ1v) is 9.47. The Morgan fingerprint density at radius 3 is 1.06 bits per heavy atom. The van der Waals surface area contributed by atoms with E-state index >= 15 is 0 Å². The fraction of sp³-hybridized carbons (Fsp3) is 1.00. The Hall–Kier alpha value is -1.23. The molecule has 0 unspecified atom stereocenters. The van der Waals surface area contributed by atoms with Crippen LogP contribution in [0.3, 0.4) is 0 Å². The van der Waals surface area contributed by atoms with Crippen molar-refractivity contribution >= 4 is 0 Å². The van der Waals surface area contributed by atoms with Crippen molar-refractivity contribution in [3.8, 4) is 0 Å². The van der Waals surface area contributed by atoms with Gasteiger partial charge in [0.1, 0.15) is 0 Å². The van der Waals surface area contributed by atoms with E-state index in [2.05, 4.69) is 0 Å². The Balaban J connectivity index is 5.96. The Morgan fingerprint density at radius 2 is 0.714 bits per heavy atom. The van der Waals surface area contributed by atoms with Gasteiger partial charge in [0.05, 0.1) is 27.7 Å². The zero-order valence-electron chi connectivity index (χ0n) is 18.1. The van der Waals surface area contributed by atoms with E-state index < -0.39 is 60.5 Å². The minimum absolute atomic E-state index is 0.0422. The number of alkyl halides is 17. The molecule has 0 heterocycles. The first-order chi connectivity index (χ1) is 15.0. The molecule has 0 amide bonds. The second-order valence-corrected chi connectivity index (χ2v) is 8.83. The molecule has 212 valence electrons. The summed E-state index contributed by atoms with van der Waals surface area (Å²) in [6.45, 7) is 0.433. The van der Waals surface area contributed by atoms with Crippen molar-refractivity contribution in [2.24, 2.45) is 0 Å². The van der Waals surface area contributed by atoms with Crippen molar-refractivity contribution in [2.75, 3.05) is 27.7 Å². The Morgan fingerprint density at radius 1 is 0.400 bits per heavy atom. The van der Waals surface area contributed by atoms with Gasteiger partial charge in [0.2, 0.25) is 0 Å². The van der Waals surface area contributed by atoms with E-state index in [0.29, 0.717) is 17.4 Å². The first kappa shape index (κ1) is 33.8. The van der Waals surface area contributed by atoms with E-state index in [1.54, 1.807) is 21.1 Å². The first-order valence-electron chi connectivity index (χ1n) is 9.47. The van der Waals surface area contributed by atoms with Crippen molar-refractivity contribution in [2.45, 2.75) is 79.7 Å². The molecule has 0 aliphatic heterocycles. The molecule has 0 atom stereocenters. The molecule has 0 aliphatic carbocycles. The average molecular weight is 562 g/mol. The standard InChI is InChI=1S/C17H21F17N/c1-35(2,3)9-7-5-4-6-8-10(18,19)11(20,21)12(22,23)13(24,25)14(26,27)15(28,29)16(30,31)17(32,33)34/h4-9H2,1-3H3/q+1. The maximum absolute atomic E-state index is 13.7. The number of hydrogen-bond acceptors (Lipinski definition) is 0. The predicted molar refractivity (Wildman–Crippen MR) is 86.7 cm³/mol. The van der Waals surface area contributed by atoms with Gasteiger partial charge in [0.15, 0.2) is 0 Å². The summed E-state index contributed by atoms with van der Waals surface area (Å²) in [7, 11) is 5.13. The molecule has 0 spiro atoms. The maximum atomic E-state index is 13.7. The summed E-state index contributed by atoms with van der Waals surface area (Å²) in [5.41, 5.74) is 0. The fourth-order valence-corrected chi connectivity index (χ4v) is 2.64. The molecule has 0 rings (SSSR count). The average Bonchev–Trinajstić information content (AvgIpc) is 2.61. The minimum Gasteiger partial charge on any atom is -0.331 e. The van der Waals surface area contributed by atoms with E-state index in [1.807, 2.05) is 0 Å². The summed E-state index contributed by atoms with van der Waals surface area (Å²) >= 11 is 0. The smallest absolute Gasteiger partial charge is 0.331 e. The second kappa shape index (κ2) is 9.58. The van der Waals surface area contributed by atoms with Crippen LogP contribution in [-0.2, 0) is 0 Å². The zero-order valence-corrected chi connectivity index (χ0v) is 18.1. The van der Waals surface area contributed by atoms with Gasteiger partial charge in [0.25, 0.3) is 0 Å². The molecule has 0 saturated heterocycles. The van der Waals surface area contributed by atoms with Crippen LogP contribution in [0.4, 0.5) is 74.6 Å². The number of unbranched alkanes of at least 4 members (excludes halogenated alkanes) is 3. The van der Waals surface area contributed by atoms with Crippen LogP contribution >= 0.6 is 0 Å². The molecule has 1 nitrogen and oxygen atoms in total. The lowest BCUT2D eigenvalue weighted by Gasteiger charge is -2.42. The molecule has 0 bridgehead atoms. The van der Waals surface area contributed by atoms with E-state index in [0.717, 1.165) is 0 Å². The van der Waals surface area contributed by atoms with Gasteiger partial charge in [-0.25, -0.2) is 0 Å². The molecule has 18 heteroatoms. The Labute approximate surface area is 187 Å². The van der Waals surface area contributed by atoms with Gasteiger partial charge in [-0.3, -0.25) is 0 Å². The topological polar surface area (TPSA) is 0 Å². The predicted octanol–water partition coefficient (Wildman–Crippen LogP) is 7.65. The lowest BCUT2D eigenvalue weighted by atomic mass is 9.88. The van der Waals surface area contributed by atoms with Crippen molar-refractivity contribution in [1.29, 1.82) is 0 Å². The number of halogens is 17. The third-order valence-corrected chi connectivity index (χ3v) is 4.86. The third kappa shape index (κ3) is 5.86. The maximum Gasteiger partial charge on any atom is 0.460 e. The second-order valence-electron chi connectivity index (χ2n) is 8.83. The summed E-state index contributed by atoms with van der Waals surface area (Å²) < 4.78 is 224. The molecule has 35 heavy (non-hydrogen) atoms. The van der Waals surface area contributed by atoms with Crippen molar-refractivity contribution < 1.29 is 79.1 Å². The van der Waals surface area contributed by atoms with Gasteiger partial charge in [-0.15, -0.1) is 0 Å². The van der Waals surface area contributed by atoms with E-state index in [4.69, 9.17) is 0 Å². The third-order valence-electron chi connectivity index (χ3n) is 4.86. The zero-order chi connectivity index (χ0) is 28.7. The quantitative estimate of drug-likeness (QED) is 0.123. The van der Waals surface area contributed by atoms with Gasteiger partial charge in [0, 0.05) is 6.42 Å². The summed E-state index contributed by atoms with van der Waals surface area (Å²) in [6.07, 6.45) is -11.2. The highest BCUT2D eigenvalue weighted by Gasteiger charge is 2.95. The molecule has 0 N–H and O–H groups in total. The van der Waals surface area contributed by atoms with Gasteiger partial charge < -0.3 is 4.48 Å². The fourth-order valence-electron chi connectivity index (χ4n) is 2.64. The molecule has 0 aromatic rings. The van der Waals surface area contributed by atoms with Crippen LogP contribution in [0.1, 0.15) is 32.1 Å². The summed E-state index contributed by atoms with van der Waals surface area (Å²) in [4.78, 5) is 0. The highest BCUT2D eigenvalue weighted by Crippen LogP contribution is 2.64. The minimum atomic E-state index is -8.58. The molecule has 0 saturated carbocycles. The van der Waals surface area contributed by atoms with E-state index in [1.165, 1.54) is 0 Å². The van der Waals surface area contributed by atoms with Crippen molar-refractivity contribution in [3.05, 3.63) is 0 Å². The van der Waals surface area contributed by atoms with Crippen LogP contribution in [0.5, 0.6) is 0 Å². The molecule has 0 radical (unpaired) electrons. The normalized spacial score (nSPS) is 16.1.